The molecule has 0 saturated carbocycles. The van der Waals surface area contributed by atoms with E-state index in [0.717, 1.165) is 23.4 Å². The predicted octanol–water partition coefficient (Wildman–Crippen LogP) is 2.64. The van der Waals surface area contributed by atoms with Crippen LogP contribution in [-0.2, 0) is 19.5 Å². The molecule has 0 bridgehead atoms. The number of benzene rings is 1. The molecule has 1 aliphatic rings. The maximum atomic E-state index is 12.7. The van der Waals surface area contributed by atoms with E-state index in [1.807, 2.05) is 30.7 Å². The molecule has 28 heavy (non-hydrogen) atoms. The van der Waals surface area contributed by atoms with Gasteiger partial charge in [-0.1, -0.05) is 12.1 Å². The first-order chi connectivity index (χ1) is 13.4. The number of nitrogens with zero attached hydrogens (tertiary/aromatic N) is 4. The summed E-state index contributed by atoms with van der Waals surface area (Å²) in [5.74, 6) is -0.661. The molecular formula is C20H21N5O3. The van der Waals surface area contributed by atoms with E-state index in [4.69, 9.17) is 0 Å². The number of nitrogens with one attached hydrogen (secondary N) is 1. The molecule has 0 fully saturated rings. The number of hydrogen-bond acceptors (Lipinski definition) is 4. The second-order valence-electron chi connectivity index (χ2n) is 7.02. The standard InChI is InChI=1S/C20H21N5O3/c1-12-9-13(2)25(23-12)11-14-5-3-6-15(10-14)19(26)22-18-17(20(27)28)24-8-4-7-16(24)21-18/h3,5-6,9-10H,4,7-8,11H2,1-2H3,(H,22,26)(H,27,28). The summed E-state index contributed by atoms with van der Waals surface area (Å²) in [6, 6.07) is 9.23. The third-order valence-corrected chi connectivity index (χ3v) is 4.89. The van der Waals surface area contributed by atoms with Crippen molar-refractivity contribution < 1.29 is 14.7 Å². The van der Waals surface area contributed by atoms with Gasteiger partial charge < -0.3 is 15.0 Å². The van der Waals surface area contributed by atoms with Crippen LogP contribution in [0.2, 0.25) is 0 Å². The van der Waals surface area contributed by atoms with Crippen molar-refractivity contribution in [3.63, 3.8) is 0 Å². The van der Waals surface area contributed by atoms with Crippen molar-refractivity contribution in [1.29, 1.82) is 0 Å². The van der Waals surface area contributed by atoms with Crippen LogP contribution in [0.25, 0.3) is 0 Å². The summed E-state index contributed by atoms with van der Waals surface area (Å²) in [7, 11) is 0. The number of rotatable bonds is 5. The van der Waals surface area contributed by atoms with E-state index in [-0.39, 0.29) is 17.4 Å². The van der Waals surface area contributed by atoms with Gasteiger partial charge in [-0.2, -0.15) is 5.10 Å². The molecule has 0 atom stereocenters. The quantitative estimate of drug-likeness (QED) is 0.709. The van der Waals surface area contributed by atoms with Gasteiger partial charge in [-0.3, -0.25) is 9.48 Å². The van der Waals surface area contributed by atoms with Crippen LogP contribution in [0.4, 0.5) is 5.82 Å². The molecule has 1 amide bonds. The molecule has 4 rings (SSSR count). The Morgan fingerprint density at radius 3 is 2.79 bits per heavy atom. The molecule has 0 saturated heterocycles. The number of carboxylic acids is 1. The lowest BCUT2D eigenvalue weighted by molar-refractivity contribution is 0.0686. The number of carboxylic acid groups (broad SMARTS) is 1. The number of anilines is 1. The Morgan fingerprint density at radius 2 is 2.07 bits per heavy atom. The molecule has 0 unspecified atom stereocenters. The summed E-state index contributed by atoms with van der Waals surface area (Å²) >= 11 is 0. The maximum Gasteiger partial charge on any atom is 0.356 e. The number of hydrogen-bond donors (Lipinski definition) is 2. The molecule has 3 heterocycles. The highest BCUT2D eigenvalue weighted by atomic mass is 16.4. The lowest BCUT2D eigenvalue weighted by atomic mass is 10.1. The van der Waals surface area contributed by atoms with Gasteiger partial charge in [0.05, 0.1) is 12.2 Å². The second-order valence-corrected chi connectivity index (χ2v) is 7.02. The molecule has 1 aliphatic heterocycles. The zero-order valence-electron chi connectivity index (χ0n) is 15.8. The van der Waals surface area contributed by atoms with Crippen LogP contribution in [0.5, 0.6) is 0 Å². The first-order valence-electron chi connectivity index (χ1n) is 9.16. The minimum atomic E-state index is -1.09. The van der Waals surface area contributed by atoms with Gasteiger partial charge in [0.2, 0.25) is 0 Å². The van der Waals surface area contributed by atoms with Gasteiger partial charge in [-0.05, 0) is 44.0 Å². The van der Waals surface area contributed by atoms with Gasteiger partial charge in [0, 0.05) is 24.2 Å². The first-order valence-corrected chi connectivity index (χ1v) is 9.16. The number of aromatic carboxylic acids is 1. The Balaban J connectivity index is 1.56. The van der Waals surface area contributed by atoms with E-state index in [1.54, 1.807) is 22.8 Å². The zero-order chi connectivity index (χ0) is 19.8. The largest absolute Gasteiger partial charge is 0.476 e. The summed E-state index contributed by atoms with van der Waals surface area (Å²) < 4.78 is 3.55. The van der Waals surface area contributed by atoms with E-state index >= 15 is 0 Å². The normalized spacial score (nSPS) is 12.8. The Morgan fingerprint density at radius 1 is 1.25 bits per heavy atom. The number of aryl methyl sites for hydroxylation is 3. The number of imidazole rings is 1. The lowest BCUT2D eigenvalue weighted by Gasteiger charge is -2.08. The van der Waals surface area contributed by atoms with Crippen molar-refractivity contribution >= 4 is 17.7 Å². The number of fused-ring (bicyclic) bond motifs is 1. The molecule has 2 aromatic heterocycles. The van der Waals surface area contributed by atoms with Gasteiger partial charge in [-0.15, -0.1) is 0 Å². The molecular weight excluding hydrogens is 358 g/mol. The smallest absolute Gasteiger partial charge is 0.356 e. The van der Waals surface area contributed by atoms with Crippen molar-refractivity contribution in [1.82, 2.24) is 19.3 Å². The number of aromatic nitrogens is 4. The van der Waals surface area contributed by atoms with Gasteiger partial charge >= 0.3 is 5.97 Å². The van der Waals surface area contributed by atoms with Crippen LogP contribution in [0.15, 0.2) is 30.3 Å². The fourth-order valence-corrected chi connectivity index (χ4v) is 3.63. The van der Waals surface area contributed by atoms with Gasteiger partial charge in [0.15, 0.2) is 11.5 Å². The van der Waals surface area contributed by atoms with Crippen molar-refractivity contribution in [3.8, 4) is 0 Å². The van der Waals surface area contributed by atoms with Crippen LogP contribution < -0.4 is 5.32 Å². The SMILES string of the molecule is Cc1cc(C)n(Cc2cccc(C(=O)Nc3nc4n(c3C(=O)O)CCC4)c2)n1. The molecule has 0 spiro atoms. The third kappa shape index (κ3) is 3.28. The van der Waals surface area contributed by atoms with E-state index in [2.05, 4.69) is 15.4 Å². The molecule has 144 valence electrons. The Kier molecular flexibility index (Phi) is 4.46. The molecule has 1 aromatic carbocycles. The van der Waals surface area contributed by atoms with Crippen molar-refractivity contribution in [3.05, 3.63) is 64.4 Å². The first kappa shape index (κ1) is 18.0. The third-order valence-electron chi connectivity index (χ3n) is 4.89. The second kappa shape index (κ2) is 6.95. The summed E-state index contributed by atoms with van der Waals surface area (Å²) in [6.07, 6.45) is 1.58. The average molecular weight is 379 g/mol. The molecule has 0 radical (unpaired) electrons. The highest BCUT2D eigenvalue weighted by molar-refractivity contribution is 6.06. The number of carbonyl (C=O) groups is 2. The molecule has 8 heteroatoms. The summed E-state index contributed by atoms with van der Waals surface area (Å²) in [4.78, 5) is 28.7. The maximum absolute atomic E-state index is 12.7. The van der Waals surface area contributed by atoms with Gasteiger partial charge in [-0.25, -0.2) is 9.78 Å². The monoisotopic (exact) mass is 379 g/mol. The van der Waals surface area contributed by atoms with Crippen LogP contribution in [0.1, 0.15) is 50.0 Å². The van der Waals surface area contributed by atoms with Gasteiger partial charge in [0.1, 0.15) is 5.82 Å². The average Bonchev–Trinajstić information content (AvgIpc) is 3.29. The lowest BCUT2D eigenvalue weighted by Crippen LogP contribution is -2.17. The highest BCUT2D eigenvalue weighted by Crippen LogP contribution is 2.24. The summed E-state index contributed by atoms with van der Waals surface area (Å²) in [6.45, 7) is 5.09. The molecule has 0 aliphatic carbocycles. The highest BCUT2D eigenvalue weighted by Gasteiger charge is 2.26. The van der Waals surface area contributed by atoms with Crippen LogP contribution >= 0.6 is 0 Å². The Hall–Kier alpha value is -3.42. The minimum absolute atomic E-state index is 0.0413. The minimum Gasteiger partial charge on any atom is -0.476 e. The van der Waals surface area contributed by atoms with Crippen molar-refractivity contribution in [2.24, 2.45) is 0 Å². The summed E-state index contributed by atoms with van der Waals surface area (Å²) in [5, 5.41) is 16.6. The Bertz CT molecular complexity index is 1080. The van der Waals surface area contributed by atoms with Crippen molar-refractivity contribution in [2.45, 2.75) is 39.8 Å². The fraction of sp³-hybridized carbons (Fsp3) is 0.300. The summed E-state index contributed by atoms with van der Waals surface area (Å²) in [5.41, 5.74) is 3.42. The van der Waals surface area contributed by atoms with E-state index in [9.17, 15) is 14.7 Å². The van der Waals surface area contributed by atoms with E-state index < -0.39 is 5.97 Å². The number of amides is 1. The number of carbonyl (C=O) groups excluding carboxylic acids is 1. The molecule has 8 nitrogen and oxygen atoms in total. The molecule has 3 aromatic rings. The van der Waals surface area contributed by atoms with E-state index in [0.29, 0.717) is 30.9 Å². The predicted molar refractivity (Wildman–Crippen MR) is 103 cm³/mol. The Labute approximate surface area is 161 Å². The molecule has 2 N–H and O–H groups in total. The van der Waals surface area contributed by atoms with Crippen LogP contribution in [0.3, 0.4) is 0 Å². The zero-order valence-corrected chi connectivity index (χ0v) is 15.8. The van der Waals surface area contributed by atoms with Crippen LogP contribution in [0, 0.1) is 13.8 Å². The van der Waals surface area contributed by atoms with Crippen LogP contribution in [-0.4, -0.2) is 36.3 Å². The van der Waals surface area contributed by atoms with Gasteiger partial charge in [0.25, 0.3) is 5.91 Å². The topological polar surface area (TPSA) is 102 Å². The van der Waals surface area contributed by atoms with Crippen molar-refractivity contribution in [2.75, 3.05) is 5.32 Å². The van der Waals surface area contributed by atoms with E-state index in [1.165, 1.54) is 0 Å². The fourth-order valence-electron chi connectivity index (χ4n) is 3.63.